The van der Waals surface area contributed by atoms with Crippen molar-refractivity contribution in [3.8, 4) is 0 Å². The molecule has 0 unspecified atom stereocenters. The lowest BCUT2D eigenvalue weighted by atomic mass is 9.96. The molecule has 3 heterocycles. The van der Waals surface area contributed by atoms with Gasteiger partial charge in [-0.3, -0.25) is 14.8 Å². The van der Waals surface area contributed by atoms with Crippen LogP contribution in [0, 0.1) is 17.0 Å². The molecule has 1 fully saturated rings. The molecular weight excluding hydrogens is 316 g/mol. The van der Waals surface area contributed by atoms with Gasteiger partial charge < -0.3 is 14.5 Å². The summed E-state index contributed by atoms with van der Waals surface area (Å²) in [4.78, 5) is 16.6. The number of aliphatic hydroxyl groups excluding tert-OH is 1. The molecule has 24 heavy (non-hydrogen) atoms. The van der Waals surface area contributed by atoms with E-state index < -0.39 is 11.0 Å². The third-order valence-corrected chi connectivity index (χ3v) is 4.19. The largest absolute Gasteiger partial charge is 0.390 e. The highest BCUT2D eigenvalue weighted by Gasteiger charge is 2.25. The maximum atomic E-state index is 10.6. The molecular formula is C14H20N6O4. The Kier molecular flexibility index (Phi) is 4.86. The van der Waals surface area contributed by atoms with Crippen molar-refractivity contribution >= 4 is 5.69 Å². The standard InChI is InChI=1S/C14H20N6O4/c1-10-16-14(17-24-10)11-2-4-18(5-3-11)8-13(21)9-19-7-12(6-15-19)20(22)23/h6-7,11,13,21H,2-5,8-9H2,1H3/t13-/m0/s1. The Balaban J connectivity index is 1.45. The number of aromatic nitrogens is 4. The van der Waals surface area contributed by atoms with Crippen molar-refractivity contribution in [2.75, 3.05) is 19.6 Å². The van der Waals surface area contributed by atoms with Gasteiger partial charge in [0, 0.05) is 19.4 Å². The van der Waals surface area contributed by atoms with Crippen LogP contribution in [-0.2, 0) is 6.54 Å². The van der Waals surface area contributed by atoms with Gasteiger partial charge in [0.1, 0.15) is 12.4 Å². The third-order valence-electron chi connectivity index (χ3n) is 4.19. The van der Waals surface area contributed by atoms with Gasteiger partial charge in [-0.15, -0.1) is 0 Å². The van der Waals surface area contributed by atoms with E-state index >= 15 is 0 Å². The summed E-state index contributed by atoms with van der Waals surface area (Å²) >= 11 is 0. The highest BCUT2D eigenvalue weighted by atomic mass is 16.6. The van der Waals surface area contributed by atoms with E-state index in [2.05, 4.69) is 20.1 Å². The highest BCUT2D eigenvalue weighted by Crippen LogP contribution is 2.25. The summed E-state index contributed by atoms with van der Waals surface area (Å²) in [6.07, 6.45) is 3.71. The van der Waals surface area contributed by atoms with Crippen LogP contribution in [0.25, 0.3) is 0 Å². The molecule has 0 amide bonds. The van der Waals surface area contributed by atoms with Gasteiger partial charge in [-0.1, -0.05) is 5.16 Å². The Morgan fingerprint density at radius 3 is 2.79 bits per heavy atom. The smallest absolute Gasteiger partial charge is 0.306 e. The van der Waals surface area contributed by atoms with Crippen molar-refractivity contribution < 1.29 is 14.6 Å². The van der Waals surface area contributed by atoms with E-state index in [0.29, 0.717) is 18.4 Å². The molecule has 1 N–H and O–H groups in total. The quantitative estimate of drug-likeness (QED) is 0.604. The molecule has 0 radical (unpaired) electrons. The summed E-state index contributed by atoms with van der Waals surface area (Å²) in [5, 5.41) is 28.7. The topological polar surface area (TPSA) is 123 Å². The van der Waals surface area contributed by atoms with Crippen molar-refractivity contribution in [2.45, 2.75) is 38.3 Å². The first-order chi connectivity index (χ1) is 11.5. The highest BCUT2D eigenvalue weighted by molar-refractivity contribution is 5.20. The van der Waals surface area contributed by atoms with Crippen LogP contribution in [0.5, 0.6) is 0 Å². The summed E-state index contributed by atoms with van der Waals surface area (Å²) in [6, 6.07) is 0. The van der Waals surface area contributed by atoms with Crippen molar-refractivity contribution in [2.24, 2.45) is 0 Å². The van der Waals surface area contributed by atoms with Gasteiger partial charge in [0.15, 0.2) is 5.82 Å². The predicted molar refractivity (Wildman–Crippen MR) is 82.3 cm³/mol. The van der Waals surface area contributed by atoms with Gasteiger partial charge in [-0.2, -0.15) is 10.1 Å². The number of hydrogen-bond donors (Lipinski definition) is 1. The van der Waals surface area contributed by atoms with Gasteiger partial charge in [-0.05, 0) is 25.9 Å². The second kappa shape index (κ2) is 7.05. The number of piperidine rings is 1. The van der Waals surface area contributed by atoms with Gasteiger partial charge in [0.05, 0.1) is 17.6 Å². The van der Waals surface area contributed by atoms with E-state index in [0.717, 1.165) is 31.8 Å². The van der Waals surface area contributed by atoms with E-state index in [1.807, 2.05) is 0 Å². The molecule has 0 spiro atoms. The second-order valence-corrected chi connectivity index (χ2v) is 6.08. The monoisotopic (exact) mass is 336 g/mol. The lowest BCUT2D eigenvalue weighted by Crippen LogP contribution is -2.39. The van der Waals surface area contributed by atoms with E-state index in [-0.39, 0.29) is 12.2 Å². The summed E-state index contributed by atoms with van der Waals surface area (Å²) in [5.74, 6) is 1.64. The molecule has 3 rings (SSSR count). The molecule has 10 nitrogen and oxygen atoms in total. The van der Waals surface area contributed by atoms with Crippen molar-refractivity contribution in [3.05, 3.63) is 34.2 Å². The molecule has 0 aromatic carbocycles. The SMILES string of the molecule is Cc1nc(C2CCN(C[C@H](O)Cn3cc([N+](=O)[O-])cn3)CC2)no1. The maximum absolute atomic E-state index is 10.6. The molecule has 0 aliphatic carbocycles. The van der Waals surface area contributed by atoms with E-state index in [1.165, 1.54) is 17.1 Å². The van der Waals surface area contributed by atoms with Gasteiger partial charge in [0.2, 0.25) is 5.89 Å². The maximum Gasteiger partial charge on any atom is 0.306 e. The molecule has 130 valence electrons. The summed E-state index contributed by atoms with van der Waals surface area (Å²) in [6.45, 7) is 4.20. The average molecular weight is 336 g/mol. The number of aliphatic hydroxyl groups is 1. The fourth-order valence-corrected chi connectivity index (χ4v) is 2.97. The van der Waals surface area contributed by atoms with Crippen LogP contribution in [-0.4, -0.2) is 60.6 Å². The van der Waals surface area contributed by atoms with Crippen molar-refractivity contribution in [1.29, 1.82) is 0 Å². The third kappa shape index (κ3) is 3.95. The first-order valence-corrected chi connectivity index (χ1v) is 7.88. The van der Waals surface area contributed by atoms with E-state index in [1.54, 1.807) is 6.92 Å². The zero-order valence-corrected chi connectivity index (χ0v) is 13.4. The van der Waals surface area contributed by atoms with E-state index in [9.17, 15) is 15.2 Å². The molecule has 1 aliphatic heterocycles. The second-order valence-electron chi connectivity index (χ2n) is 6.08. The fourth-order valence-electron chi connectivity index (χ4n) is 2.97. The summed E-state index contributed by atoms with van der Waals surface area (Å²) in [5.41, 5.74) is -0.0709. The number of nitrogens with zero attached hydrogens (tertiary/aromatic N) is 6. The van der Waals surface area contributed by atoms with Crippen LogP contribution in [0.1, 0.15) is 30.5 Å². The van der Waals surface area contributed by atoms with Crippen LogP contribution in [0.4, 0.5) is 5.69 Å². The fraction of sp³-hybridized carbons (Fsp3) is 0.643. The van der Waals surface area contributed by atoms with Crippen molar-refractivity contribution in [3.63, 3.8) is 0 Å². The van der Waals surface area contributed by atoms with Crippen molar-refractivity contribution in [1.82, 2.24) is 24.8 Å². The molecule has 0 saturated carbocycles. The molecule has 1 atom stereocenters. The zero-order chi connectivity index (χ0) is 17.1. The number of rotatable bonds is 6. The predicted octanol–water partition coefficient (Wildman–Crippen LogP) is 0.723. The van der Waals surface area contributed by atoms with Gasteiger partial charge in [0.25, 0.3) is 0 Å². The lowest BCUT2D eigenvalue weighted by Gasteiger charge is -2.31. The Bertz CT molecular complexity index is 691. The van der Waals surface area contributed by atoms with Gasteiger partial charge >= 0.3 is 5.69 Å². The molecule has 1 aliphatic rings. The molecule has 2 aromatic rings. The average Bonchev–Trinajstić information content (AvgIpc) is 3.17. The molecule has 2 aromatic heterocycles. The minimum absolute atomic E-state index is 0.0709. The number of hydrogen-bond acceptors (Lipinski definition) is 8. The Hall–Kier alpha value is -2.33. The normalized spacial score (nSPS) is 17.9. The number of likely N-dealkylation sites (tertiary alicyclic amines) is 1. The van der Waals surface area contributed by atoms with Crippen LogP contribution in [0.15, 0.2) is 16.9 Å². The summed E-state index contributed by atoms with van der Waals surface area (Å²) in [7, 11) is 0. The van der Waals surface area contributed by atoms with Crippen LogP contribution in [0.3, 0.4) is 0 Å². The molecule has 0 bridgehead atoms. The first-order valence-electron chi connectivity index (χ1n) is 7.88. The Labute approximate surface area is 138 Å². The molecule has 10 heteroatoms. The minimum atomic E-state index is -0.631. The number of nitro groups is 1. The van der Waals surface area contributed by atoms with Crippen LogP contribution < -0.4 is 0 Å². The Morgan fingerprint density at radius 2 is 2.21 bits per heavy atom. The zero-order valence-electron chi connectivity index (χ0n) is 13.4. The molecule has 1 saturated heterocycles. The van der Waals surface area contributed by atoms with Crippen LogP contribution in [0.2, 0.25) is 0 Å². The lowest BCUT2D eigenvalue weighted by molar-refractivity contribution is -0.385. The number of aryl methyl sites for hydroxylation is 1. The van der Waals surface area contributed by atoms with Gasteiger partial charge in [-0.25, -0.2) is 0 Å². The number of β-amino-alcohol motifs (C(OH)–C–C–N with tert-alkyl or cyclic N) is 1. The minimum Gasteiger partial charge on any atom is -0.390 e. The summed E-state index contributed by atoms with van der Waals surface area (Å²) < 4.78 is 6.42. The van der Waals surface area contributed by atoms with Crippen LogP contribution >= 0.6 is 0 Å². The first kappa shape index (κ1) is 16.5. The van der Waals surface area contributed by atoms with E-state index in [4.69, 9.17) is 4.52 Å². The Morgan fingerprint density at radius 1 is 1.46 bits per heavy atom.